The monoisotopic (exact) mass is 534 g/mol. The average molecular weight is 535 g/mol. The summed E-state index contributed by atoms with van der Waals surface area (Å²) in [4.78, 5) is 60.3. The summed E-state index contributed by atoms with van der Waals surface area (Å²) < 4.78 is -0.684. The van der Waals surface area contributed by atoms with E-state index in [2.05, 4.69) is 20.6 Å². The van der Waals surface area contributed by atoms with Crippen molar-refractivity contribution in [3.8, 4) is 0 Å². The molecule has 11 nitrogen and oxygen atoms in total. The molecule has 3 aromatic rings. The SMILES string of the molecule is Cc1ccc2c(N)c(C(=O)Nc3ccccc3CC(=O)NC3C(=O)N4[C@@H]3SC(C)(C)[C@@H]4C(=O)O)cnc2n1. The van der Waals surface area contributed by atoms with E-state index >= 15 is 0 Å². The first kappa shape index (κ1) is 25.5. The van der Waals surface area contributed by atoms with E-state index in [9.17, 15) is 24.3 Å². The van der Waals surface area contributed by atoms with Crippen LogP contribution in [0.2, 0.25) is 0 Å². The Morgan fingerprint density at radius 3 is 2.66 bits per heavy atom. The van der Waals surface area contributed by atoms with Gasteiger partial charge in [0.1, 0.15) is 17.5 Å². The normalized spacial score (nSPS) is 21.5. The van der Waals surface area contributed by atoms with Gasteiger partial charge in [0.25, 0.3) is 5.91 Å². The van der Waals surface area contributed by atoms with Crippen LogP contribution in [0.4, 0.5) is 11.4 Å². The van der Waals surface area contributed by atoms with Crippen molar-refractivity contribution in [3.05, 3.63) is 59.4 Å². The quantitative estimate of drug-likeness (QED) is 0.346. The first-order valence-electron chi connectivity index (χ1n) is 11.9. The lowest BCUT2D eigenvalue weighted by Crippen LogP contribution is -2.70. The number of carboxylic acids is 1. The number of hydrogen-bond donors (Lipinski definition) is 4. The minimum absolute atomic E-state index is 0.0992. The molecule has 4 heterocycles. The summed E-state index contributed by atoms with van der Waals surface area (Å²) in [5.74, 6) is -2.39. The maximum atomic E-state index is 13.1. The smallest absolute Gasteiger partial charge is 0.327 e. The van der Waals surface area contributed by atoms with Crippen molar-refractivity contribution in [3.63, 3.8) is 0 Å². The topological polar surface area (TPSA) is 168 Å². The van der Waals surface area contributed by atoms with Gasteiger partial charge in [0.15, 0.2) is 5.65 Å². The number of aliphatic carboxylic acids is 1. The molecule has 2 fully saturated rings. The van der Waals surface area contributed by atoms with Crippen molar-refractivity contribution in [2.24, 2.45) is 0 Å². The van der Waals surface area contributed by atoms with Gasteiger partial charge >= 0.3 is 5.97 Å². The van der Waals surface area contributed by atoms with E-state index in [-0.39, 0.29) is 17.7 Å². The fraction of sp³-hybridized carbons (Fsp3) is 0.308. The Kier molecular flexibility index (Phi) is 6.22. The molecule has 5 rings (SSSR count). The van der Waals surface area contributed by atoms with Crippen LogP contribution >= 0.6 is 11.8 Å². The molecule has 2 aliphatic rings. The highest BCUT2D eigenvalue weighted by Crippen LogP contribution is 2.50. The first-order chi connectivity index (χ1) is 18.0. The summed E-state index contributed by atoms with van der Waals surface area (Å²) in [5, 5.41) is 15.2. The Morgan fingerprint density at radius 1 is 1.18 bits per heavy atom. The molecule has 12 heteroatoms. The van der Waals surface area contributed by atoms with Crippen LogP contribution in [0, 0.1) is 6.92 Å². The van der Waals surface area contributed by atoms with Gasteiger partial charge in [-0.1, -0.05) is 18.2 Å². The third-order valence-electron chi connectivity index (χ3n) is 6.76. The van der Waals surface area contributed by atoms with Gasteiger partial charge < -0.3 is 26.4 Å². The number of anilines is 2. The molecule has 38 heavy (non-hydrogen) atoms. The van der Waals surface area contributed by atoms with E-state index in [1.807, 2.05) is 6.92 Å². The Hall–Kier alpha value is -4.19. The number of benzene rings is 1. The number of carbonyl (C=O) groups is 4. The standard InChI is InChI=1S/C26H26N6O5S/c1-12-8-9-14-18(27)15(11-28-21(14)29-12)22(34)30-16-7-5-4-6-13(16)10-17(33)31-19-23(35)32-20(25(36)37)26(2,3)38-24(19)32/h4-9,11,19-20,24H,10H2,1-3H3,(H,30,34)(H,31,33)(H,36,37)(H2,27,28,29)/t19?,20-,24+/m0/s1. The number of fused-ring (bicyclic) bond motifs is 2. The number of pyridine rings is 2. The van der Waals surface area contributed by atoms with Gasteiger partial charge in [-0.3, -0.25) is 14.4 Å². The van der Waals surface area contributed by atoms with Crippen molar-refractivity contribution in [1.82, 2.24) is 20.2 Å². The molecule has 5 N–H and O–H groups in total. The second kappa shape index (κ2) is 9.28. The molecule has 2 aliphatic heterocycles. The number of β-lactam (4-membered cyclic amide) rings is 1. The van der Waals surface area contributed by atoms with E-state index in [1.54, 1.807) is 50.2 Å². The largest absolute Gasteiger partial charge is 0.480 e. The number of aryl methyl sites for hydroxylation is 1. The van der Waals surface area contributed by atoms with Gasteiger partial charge in [-0.15, -0.1) is 11.8 Å². The summed E-state index contributed by atoms with van der Waals surface area (Å²) in [6.07, 6.45) is 1.27. The summed E-state index contributed by atoms with van der Waals surface area (Å²) in [5.41, 5.74) is 8.84. The van der Waals surface area contributed by atoms with Crippen LogP contribution in [-0.2, 0) is 20.8 Å². The molecular weight excluding hydrogens is 508 g/mol. The summed E-state index contributed by atoms with van der Waals surface area (Å²) in [6.45, 7) is 5.38. The number of nitrogens with one attached hydrogen (secondary N) is 2. The van der Waals surface area contributed by atoms with Gasteiger partial charge in [0.2, 0.25) is 11.8 Å². The fourth-order valence-electron chi connectivity index (χ4n) is 4.90. The lowest BCUT2D eigenvalue weighted by Gasteiger charge is -2.43. The van der Waals surface area contributed by atoms with Crippen LogP contribution in [0.15, 0.2) is 42.6 Å². The minimum Gasteiger partial charge on any atom is -0.480 e. The maximum Gasteiger partial charge on any atom is 0.327 e. The molecular formula is C26H26N6O5S. The third-order valence-corrected chi connectivity index (χ3v) is 8.33. The highest BCUT2D eigenvalue weighted by Gasteiger charge is 2.64. The number of amides is 3. The predicted molar refractivity (Wildman–Crippen MR) is 142 cm³/mol. The number of para-hydroxylation sites is 1. The van der Waals surface area contributed by atoms with Gasteiger partial charge in [0.05, 0.1) is 17.7 Å². The zero-order chi connectivity index (χ0) is 27.4. The average Bonchev–Trinajstić information content (AvgIpc) is 3.11. The number of thioether (sulfide) groups is 1. The summed E-state index contributed by atoms with van der Waals surface area (Å²) >= 11 is 1.36. The van der Waals surface area contributed by atoms with E-state index in [1.165, 1.54) is 22.9 Å². The number of hydrogen-bond acceptors (Lipinski definition) is 8. The van der Waals surface area contributed by atoms with Crippen molar-refractivity contribution < 1.29 is 24.3 Å². The molecule has 1 aromatic carbocycles. The Morgan fingerprint density at radius 2 is 1.92 bits per heavy atom. The molecule has 0 aliphatic carbocycles. The Balaban J connectivity index is 1.29. The number of nitrogens with two attached hydrogens (primary N) is 1. The summed E-state index contributed by atoms with van der Waals surface area (Å²) in [7, 11) is 0. The number of carbonyl (C=O) groups excluding carboxylic acids is 3. The van der Waals surface area contributed by atoms with Gasteiger partial charge in [-0.2, -0.15) is 0 Å². The van der Waals surface area contributed by atoms with Crippen LogP contribution < -0.4 is 16.4 Å². The molecule has 2 aromatic heterocycles. The van der Waals surface area contributed by atoms with Crippen molar-refractivity contribution >= 4 is 57.9 Å². The maximum absolute atomic E-state index is 13.1. The van der Waals surface area contributed by atoms with Crippen LogP contribution in [0.5, 0.6) is 0 Å². The van der Waals surface area contributed by atoms with Crippen LogP contribution in [-0.4, -0.2) is 65.9 Å². The van der Waals surface area contributed by atoms with E-state index in [0.29, 0.717) is 22.3 Å². The molecule has 0 spiro atoms. The highest BCUT2D eigenvalue weighted by molar-refractivity contribution is 8.01. The molecule has 0 radical (unpaired) electrons. The lowest BCUT2D eigenvalue weighted by molar-refractivity contribution is -0.161. The molecule has 0 bridgehead atoms. The Bertz CT molecular complexity index is 1510. The number of aromatic nitrogens is 2. The van der Waals surface area contributed by atoms with Crippen LogP contribution in [0.25, 0.3) is 11.0 Å². The van der Waals surface area contributed by atoms with Crippen LogP contribution in [0.3, 0.4) is 0 Å². The number of rotatable bonds is 6. The van der Waals surface area contributed by atoms with Gasteiger partial charge in [0, 0.05) is 27.7 Å². The second-order valence-electron chi connectivity index (χ2n) is 9.84. The third kappa shape index (κ3) is 4.30. The molecule has 1 unspecified atom stereocenters. The zero-order valence-corrected chi connectivity index (χ0v) is 21.7. The van der Waals surface area contributed by atoms with E-state index in [4.69, 9.17) is 5.73 Å². The predicted octanol–water partition coefficient (Wildman–Crippen LogP) is 1.95. The van der Waals surface area contributed by atoms with Crippen molar-refractivity contribution in [1.29, 1.82) is 0 Å². The lowest BCUT2D eigenvalue weighted by atomic mass is 9.96. The van der Waals surface area contributed by atoms with Gasteiger partial charge in [-0.05, 0) is 44.5 Å². The molecule has 3 atom stereocenters. The van der Waals surface area contributed by atoms with Crippen molar-refractivity contribution in [2.45, 2.75) is 49.4 Å². The Labute approximate surface area is 222 Å². The highest BCUT2D eigenvalue weighted by atomic mass is 32.2. The number of carboxylic acid groups (broad SMARTS) is 1. The molecule has 2 saturated heterocycles. The molecule has 0 saturated carbocycles. The minimum atomic E-state index is -1.07. The van der Waals surface area contributed by atoms with E-state index < -0.39 is 45.9 Å². The second-order valence-corrected chi connectivity index (χ2v) is 11.6. The first-order valence-corrected chi connectivity index (χ1v) is 12.8. The molecule has 3 amide bonds. The van der Waals surface area contributed by atoms with E-state index in [0.717, 1.165) is 5.69 Å². The zero-order valence-electron chi connectivity index (χ0n) is 20.9. The number of nitrogens with zero attached hydrogens (tertiary/aromatic N) is 3. The number of nitrogen functional groups attached to an aromatic ring is 1. The van der Waals surface area contributed by atoms with Crippen molar-refractivity contribution in [2.75, 3.05) is 11.1 Å². The molecule has 196 valence electrons. The fourth-order valence-corrected chi connectivity index (χ4v) is 6.53. The summed E-state index contributed by atoms with van der Waals surface area (Å²) in [6, 6.07) is 8.62. The van der Waals surface area contributed by atoms with Gasteiger partial charge in [-0.25, -0.2) is 14.8 Å². The van der Waals surface area contributed by atoms with Crippen LogP contribution in [0.1, 0.15) is 35.5 Å².